The highest BCUT2D eigenvalue weighted by Crippen LogP contribution is 2.32. The number of aromatic carboxylic acids is 1. The summed E-state index contributed by atoms with van der Waals surface area (Å²) in [5.74, 6) is -1.34. The molecule has 0 radical (unpaired) electrons. The predicted octanol–water partition coefficient (Wildman–Crippen LogP) is 4.72. The second-order valence-corrected chi connectivity index (χ2v) is 8.78. The molecule has 2 amide bonds. The second kappa shape index (κ2) is 11.5. The minimum absolute atomic E-state index is 0.00788. The summed E-state index contributed by atoms with van der Waals surface area (Å²) < 4.78 is 9.57. The fourth-order valence-electron chi connectivity index (χ4n) is 3.26. The van der Waals surface area contributed by atoms with Crippen molar-refractivity contribution in [3.05, 3.63) is 39.4 Å². The van der Waals surface area contributed by atoms with E-state index in [1.54, 1.807) is 18.2 Å². The van der Waals surface area contributed by atoms with E-state index in [-0.39, 0.29) is 23.1 Å². The first kappa shape index (κ1) is 23.6. The number of nitrogens with one attached hydrogen (secondary N) is 2. The van der Waals surface area contributed by atoms with Crippen LogP contribution in [0.5, 0.6) is 5.88 Å². The molecule has 2 heterocycles. The Labute approximate surface area is 194 Å². The Bertz CT molecular complexity index is 919. The molecule has 3 rings (SSSR count). The van der Waals surface area contributed by atoms with Gasteiger partial charge in [-0.05, 0) is 75.0 Å². The highest BCUT2D eigenvalue weighted by atomic mass is 35.5. The molecule has 8 nitrogen and oxygen atoms in total. The third-order valence-corrected chi connectivity index (χ3v) is 6.21. The number of hydrogen-bond donors (Lipinski definition) is 3. The lowest BCUT2D eigenvalue weighted by atomic mass is 10.2. The Morgan fingerprint density at radius 3 is 2.74 bits per heavy atom. The number of likely N-dealkylation sites (tertiary alicyclic amines) is 1. The first-order valence-corrected chi connectivity index (χ1v) is 11.5. The summed E-state index contributed by atoms with van der Waals surface area (Å²) in [6.07, 6.45) is 4.39. The molecular formula is C20H24Cl2N4O4S. The number of ether oxygens (including phenoxy) is 1. The first-order valence-electron chi connectivity index (χ1n) is 10.0. The number of hydrogen-bond acceptors (Lipinski definition) is 6. The molecule has 1 aromatic heterocycles. The van der Waals surface area contributed by atoms with Crippen molar-refractivity contribution in [2.75, 3.05) is 31.5 Å². The third kappa shape index (κ3) is 6.96. The molecular weight excluding hydrogens is 463 g/mol. The number of halogens is 2. The average Bonchev–Trinajstić information content (AvgIpc) is 3.38. The minimum Gasteiger partial charge on any atom is -0.477 e. The van der Waals surface area contributed by atoms with Gasteiger partial charge in [-0.2, -0.15) is 4.37 Å². The number of carboxylic acids is 1. The van der Waals surface area contributed by atoms with Crippen LogP contribution in [0.25, 0.3) is 0 Å². The molecule has 168 valence electrons. The molecule has 31 heavy (non-hydrogen) atoms. The molecule has 2 aromatic rings. The SMILES string of the molecule is O=C(NCCCCN1CCCC1)Nc1snc(OCc2cc(Cl)ccc2Cl)c1C(=O)O. The van der Waals surface area contributed by atoms with E-state index in [9.17, 15) is 14.7 Å². The van der Waals surface area contributed by atoms with Crippen LogP contribution in [0.15, 0.2) is 18.2 Å². The van der Waals surface area contributed by atoms with E-state index in [1.165, 1.54) is 12.8 Å². The largest absolute Gasteiger partial charge is 0.477 e. The van der Waals surface area contributed by atoms with Gasteiger partial charge in [0.05, 0.1) is 0 Å². The maximum Gasteiger partial charge on any atom is 0.344 e. The lowest BCUT2D eigenvalue weighted by molar-refractivity contribution is 0.0693. The van der Waals surface area contributed by atoms with E-state index in [0.29, 0.717) is 22.2 Å². The van der Waals surface area contributed by atoms with Crippen molar-refractivity contribution in [2.45, 2.75) is 32.3 Å². The highest BCUT2D eigenvalue weighted by Gasteiger charge is 2.23. The maximum absolute atomic E-state index is 12.2. The van der Waals surface area contributed by atoms with Gasteiger partial charge in [0.1, 0.15) is 11.6 Å². The van der Waals surface area contributed by atoms with Gasteiger partial charge in [-0.15, -0.1) is 0 Å². The topological polar surface area (TPSA) is 104 Å². The lowest BCUT2D eigenvalue weighted by Gasteiger charge is -2.14. The quantitative estimate of drug-likeness (QED) is 0.419. The summed E-state index contributed by atoms with van der Waals surface area (Å²) in [5.41, 5.74) is 0.395. The van der Waals surface area contributed by atoms with E-state index in [1.807, 2.05) is 0 Å². The zero-order valence-electron chi connectivity index (χ0n) is 16.8. The van der Waals surface area contributed by atoms with Gasteiger partial charge in [-0.1, -0.05) is 23.2 Å². The van der Waals surface area contributed by atoms with Crippen LogP contribution in [0.1, 0.15) is 41.6 Å². The molecule has 1 aliphatic heterocycles. The van der Waals surface area contributed by atoms with Gasteiger partial charge in [0.15, 0.2) is 5.56 Å². The van der Waals surface area contributed by atoms with Crippen molar-refractivity contribution < 1.29 is 19.4 Å². The molecule has 0 saturated carbocycles. The van der Waals surface area contributed by atoms with E-state index in [2.05, 4.69) is 19.9 Å². The highest BCUT2D eigenvalue weighted by molar-refractivity contribution is 7.11. The summed E-state index contributed by atoms with van der Waals surface area (Å²) in [5, 5.41) is 15.9. The summed E-state index contributed by atoms with van der Waals surface area (Å²) in [6.45, 7) is 3.86. The van der Waals surface area contributed by atoms with Gasteiger partial charge < -0.3 is 20.1 Å². The number of unbranched alkanes of at least 4 members (excludes halogenated alkanes) is 1. The smallest absolute Gasteiger partial charge is 0.344 e. The van der Waals surface area contributed by atoms with Crippen LogP contribution in [-0.2, 0) is 6.61 Å². The first-order chi connectivity index (χ1) is 14.9. The molecule has 11 heteroatoms. The number of benzene rings is 1. The predicted molar refractivity (Wildman–Crippen MR) is 122 cm³/mol. The van der Waals surface area contributed by atoms with E-state index in [0.717, 1.165) is 44.0 Å². The number of carbonyl (C=O) groups excluding carboxylic acids is 1. The Kier molecular flexibility index (Phi) is 8.77. The van der Waals surface area contributed by atoms with Crippen molar-refractivity contribution >= 4 is 51.7 Å². The van der Waals surface area contributed by atoms with Gasteiger partial charge in [0.2, 0.25) is 5.88 Å². The molecule has 1 aromatic carbocycles. The fourth-order valence-corrected chi connectivity index (χ4v) is 4.35. The standard InChI is InChI=1S/C20H24Cl2N4O4S/c21-14-5-6-15(22)13(11-14)12-30-17-16(19(27)28)18(31-25-17)24-20(29)23-7-1-2-8-26-9-3-4-10-26/h5-6,11H,1-4,7-10,12H2,(H,27,28)(H2,23,24,29). The summed E-state index contributed by atoms with van der Waals surface area (Å²) in [4.78, 5) is 26.3. The van der Waals surface area contributed by atoms with Crippen LogP contribution in [0.4, 0.5) is 9.80 Å². The Balaban J connectivity index is 1.50. The zero-order chi connectivity index (χ0) is 22.2. The number of aromatic nitrogens is 1. The molecule has 3 N–H and O–H groups in total. The number of anilines is 1. The van der Waals surface area contributed by atoms with Crippen molar-refractivity contribution in [3.63, 3.8) is 0 Å². The number of urea groups is 1. The maximum atomic E-state index is 12.2. The van der Waals surface area contributed by atoms with E-state index in [4.69, 9.17) is 27.9 Å². The van der Waals surface area contributed by atoms with Gasteiger partial charge in [-0.25, -0.2) is 9.59 Å². The van der Waals surface area contributed by atoms with Crippen LogP contribution < -0.4 is 15.4 Å². The lowest BCUT2D eigenvalue weighted by Crippen LogP contribution is -2.30. The molecule has 0 atom stereocenters. The molecule has 1 fully saturated rings. The molecule has 0 unspecified atom stereocenters. The van der Waals surface area contributed by atoms with Crippen LogP contribution in [-0.4, -0.2) is 52.6 Å². The van der Waals surface area contributed by atoms with Crippen LogP contribution in [0, 0.1) is 0 Å². The molecule has 1 aliphatic rings. The fraction of sp³-hybridized carbons (Fsp3) is 0.450. The van der Waals surface area contributed by atoms with Crippen LogP contribution in [0.2, 0.25) is 10.0 Å². The molecule has 0 aliphatic carbocycles. The van der Waals surface area contributed by atoms with E-state index < -0.39 is 12.0 Å². The monoisotopic (exact) mass is 486 g/mol. The van der Waals surface area contributed by atoms with Crippen LogP contribution >= 0.6 is 34.7 Å². The Morgan fingerprint density at radius 1 is 1.23 bits per heavy atom. The van der Waals surface area contributed by atoms with Crippen LogP contribution in [0.3, 0.4) is 0 Å². The number of nitrogens with zero attached hydrogens (tertiary/aromatic N) is 2. The molecule has 0 bridgehead atoms. The van der Waals surface area contributed by atoms with Crippen molar-refractivity contribution in [2.24, 2.45) is 0 Å². The molecule has 0 spiro atoms. The molecule has 1 saturated heterocycles. The van der Waals surface area contributed by atoms with Crippen molar-refractivity contribution in [1.29, 1.82) is 0 Å². The van der Waals surface area contributed by atoms with Gasteiger partial charge in [0, 0.05) is 22.2 Å². The zero-order valence-corrected chi connectivity index (χ0v) is 19.2. The minimum atomic E-state index is -1.25. The summed E-state index contributed by atoms with van der Waals surface area (Å²) in [6, 6.07) is 4.43. The average molecular weight is 487 g/mol. The third-order valence-electron chi connectivity index (χ3n) is 4.86. The summed E-state index contributed by atoms with van der Waals surface area (Å²) in [7, 11) is 0. The normalized spacial score (nSPS) is 13.9. The van der Waals surface area contributed by atoms with Gasteiger partial charge in [-0.3, -0.25) is 5.32 Å². The summed E-state index contributed by atoms with van der Waals surface area (Å²) >= 11 is 12.9. The number of carboxylic acid groups (broad SMARTS) is 1. The van der Waals surface area contributed by atoms with Gasteiger partial charge in [0.25, 0.3) is 0 Å². The number of rotatable bonds is 10. The van der Waals surface area contributed by atoms with E-state index >= 15 is 0 Å². The number of carbonyl (C=O) groups is 2. The Morgan fingerprint density at radius 2 is 2.00 bits per heavy atom. The van der Waals surface area contributed by atoms with Crippen molar-refractivity contribution in [1.82, 2.24) is 14.6 Å². The van der Waals surface area contributed by atoms with Gasteiger partial charge >= 0.3 is 12.0 Å². The van der Waals surface area contributed by atoms with Crippen molar-refractivity contribution in [3.8, 4) is 5.88 Å². The Hall–Kier alpha value is -2.07. The second-order valence-electron chi connectivity index (χ2n) is 7.16. The number of amides is 2.